The molecular weight excluding hydrogens is 268 g/mol. The molecule has 1 rings (SSSR count). The molecule has 1 aliphatic heterocycles. The Balaban J connectivity index is 2.76. The standard InChI is InChI=1S/C16H30N2O3/c1-7-17(8-2)14(19)12(3)18-11-9-10-13(18)15(20)21-16(4,5)6/h12-13H,7-11H2,1-6H3/t12?,13-/m1/s1. The van der Waals surface area contributed by atoms with Gasteiger partial charge in [0.05, 0.1) is 6.04 Å². The van der Waals surface area contributed by atoms with Gasteiger partial charge < -0.3 is 9.64 Å². The minimum absolute atomic E-state index is 0.0930. The molecule has 21 heavy (non-hydrogen) atoms. The van der Waals surface area contributed by atoms with E-state index in [-0.39, 0.29) is 24.0 Å². The van der Waals surface area contributed by atoms with Crippen molar-refractivity contribution in [1.29, 1.82) is 0 Å². The zero-order valence-corrected chi connectivity index (χ0v) is 14.3. The molecule has 1 heterocycles. The molecule has 0 spiro atoms. The van der Waals surface area contributed by atoms with Gasteiger partial charge in [0.2, 0.25) is 5.91 Å². The maximum Gasteiger partial charge on any atom is 0.323 e. The molecule has 122 valence electrons. The van der Waals surface area contributed by atoms with E-state index in [4.69, 9.17) is 4.74 Å². The molecule has 0 saturated carbocycles. The molecule has 2 atom stereocenters. The second-order valence-electron chi connectivity index (χ2n) is 6.62. The van der Waals surface area contributed by atoms with Crippen LogP contribution in [0.1, 0.15) is 54.4 Å². The molecule has 0 aromatic carbocycles. The fourth-order valence-corrected chi connectivity index (χ4v) is 2.82. The molecule has 0 N–H and O–H groups in total. The zero-order valence-electron chi connectivity index (χ0n) is 14.3. The van der Waals surface area contributed by atoms with Crippen LogP contribution in [-0.4, -0.2) is 59.0 Å². The largest absolute Gasteiger partial charge is 0.459 e. The van der Waals surface area contributed by atoms with Crippen LogP contribution in [0.2, 0.25) is 0 Å². The number of rotatable bonds is 5. The number of likely N-dealkylation sites (N-methyl/N-ethyl adjacent to an activating group) is 1. The van der Waals surface area contributed by atoms with E-state index in [0.29, 0.717) is 13.1 Å². The number of esters is 1. The number of likely N-dealkylation sites (tertiary alicyclic amines) is 1. The van der Waals surface area contributed by atoms with Crippen LogP contribution in [-0.2, 0) is 14.3 Å². The van der Waals surface area contributed by atoms with Gasteiger partial charge in [0.15, 0.2) is 0 Å². The Morgan fingerprint density at radius 1 is 1.29 bits per heavy atom. The molecule has 1 aliphatic rings. The van der Waals surface area contributed by atoms with E-state index in [9.17, 15) is 9.59 Å². The van der Waals surface area contributed by atoms with Crippen molar-refractivity contribution in [1.82, 2.24) is 9.80 Å². The van der Waals surface area contributed by atoms with Gasteiger partial charge in [0.25, 0.3) is 0 Å². The van der Waals surface area contributed by atoms with Crippen LogP contribution in [0.15, 0.2) is 0 Å². The van der Waals surface area contributed by atoms with Crippen molar-refractivity contribution in [2.24, 2.45) is 0 Å². The molecule has 1 unspecified atom stereocenters. The zero-order chi connectivity index (χ0) is 16.2. The number of nitrogens with zero attached hydrogens (tertiary/aromatic N) is 2. The van der Waals surface area contributed by atoms with Crippen molar-refractivity contribution >= 4 is 11.9 Å². The predicted molar refractivity (Wildman–Crippen MR) is 83.0 cm³/mol. The van der Waals surface area contributed by atoms with Gasteiger partial charge in [-0.2, -0.15) is 0 Å². The van der Waals surface area contributed by atoms with Crippen LogP contribution in [0.5, 0.6) is 0 Å². The first-order valence-electron chi connectivity index (χ1n) is 7.98. The van der Waals surface area contributed by atoms with E-state index in [1.807, 2.05) is 51.3 Å². The summed E-state index contributed by atoms with van der Waals surface area (Å²) in [4.78, 5) is 28.6. The highest BCUT2D eigenvalue weighted by atomic mass is 16.6. The normalized spacial score (nSPS) is 21.1. The fourth-order valence-electron chi connectivity index (χ4n) is 2.82. The first-order chi connectivity index (χ1) is 9.71. The van der Waals surface area contributed by atoms with Gasteiger partial charge in [-0.25, -0.2) is 0 Å². The second kappa shape index (κ2) is 7.25. The molecule has 5 heteroatoms. The van der Waals surface area contributed by atoms with E-state index in [2.05, 4.69) is 0 Å². The number of amides is 1. The molecule has 1 saturated heterocycles. The van der Waals surface area contributed by atoms with Crippen molar-refractivity contribution < 1.29 is 14.3 Å². The Hall–Kier alpha value is -1.10. The summed E-state index contributed by atoms with van der Waals surface area (Å²) in [5, 5.41) is 0. The molecular formula is C16H30N2O3. The topological polar surface area (TPSA) is 49.9 Å². The van der Waals surface area contributed by atoms with E-state index in [1.54, 1.807) is 0 Å². The highest BCUT2D eigenvalue weighted by Crippen LogP contribution is 2.24. The Labute approximate surface area is 128 Å². The number of hydrogen-bond donors (Lipinski definition) is 0. The van der Waals surface area contributed by atoms with E-state index in [1.165, 1.54) is 0 Å². The maximum atomic E-state index is 12.5. The van der Waals surface area contributed by atoms with Gasteiger partial charge in [-0.3, -0.25) is 14.5 Å². The molecule has 0 aliphatic carbocycles. The van der Waals surface area contributed by atoms with E-state index < -0.39 is 5.60 Å². The van der Waals surface area contributed by atoms with Crippen LogP contribution >= 0.6 is 0 Å². The molecule has 0 aromatic heterocycles. The summed E-state index contributed by atoms with van der Waals surface area (Å²) in [7, 11) is 0. The summed E-state index contributed by atoms with van der Waals surface area (Å²) >= 11 is 0. The number of carbonyl (C=O) groups excluding carboxylic acids is 2. The second-order valence-corrected chi connectivity index (χ2v) is 6.62. The third-order valence-electron chi connectivity index (χ3n) is 3.90. The first-order valence-corrected chi connectivity index (χ1v) is 7.98. The monoisotopic (exact) mass is 298 g/mol. The van der Waals surface area contributed by atoms with Crippen molar-refractivity contribution in [2.75, 3.05) is 19.6 Å². The van der Waals surface area contributed by atoms with Crippen molar-refractivity contribution in [3.05, 3.63) is 0 Å². The lowest BCUT2D eigenvalue weighted by molar-refractivity contribution is -0.161. The van der Waals surface area contributed by atoms with Crippen LogP contribution in [0.3, 0.4) is 0 Å². The third-order valence-corrected chi connectivity index (χ3v) is 3.90. The summed E-state index contributed by atoms with van der Waals surface area (Å²) in [6.07, 6.45) is 1.70. The SMILES string of the molecule is CCN(CC)C(=O)C(C)N1CCC[C@@H]1C(=O)OC(C)(C)C. The average molecular weight is 298 g/mol. The Morgan fingerprint density at radius 3 is 2.33 bits per heavy atom. The minimum Gasteiger partial charge on any atom is -0.459 e. The van der Waals surface area contributed by atoms with Gasteiger partial charge in [-0.1, -0.05) is 0 Å². The minimum atomic E-state index is -0.489. The smallest absolute Gasteiger partial charge is 0.323 e. The fraction of sp³-hybridized carbons (Fsp3) is 0.875. The van der Waals surface area contributed by atoms with Gasteiger partial charge >= 0.3 is 5.97 Å². The molecule has 0 aromatic rings. The number of hydrogen-bond acceptors (Lipinski definition) is 4. The lowest BCUT2D eigenvalue weighted by atomic mass is 10.1. The summed E-state index contributed by atoms with van der Waals surface area (Å²) in [5.41, 5.74) is -0.489. The maximum absolute atomic E-state index is 12.5. The van der Waals surface area contributed by atoms with Gasteiger partial charge in [0, 0.05) is 13.1 Å². The average Bonchev–Trinajstić information content (AvgIpc) is 2.86. The van der Waals surface area contributed by atoms with Crippen molar-refractivity contribution in [2.45, 2.75) is 72.1 Å². The summed E-state index contributed by atoms with van der Waals surface area (Å²) in [5.74, 6) is -0.116. The molecule has 0 radical (unpaired) electrons. The van der Waals surface area contributed by atoms with Crippen LogP contribution in [0.25, 0.3) is 0 Å². The van der Waals surface area contributed by atoms with E-state index in [0.717, 1.165) is 19.4 Å². The highest BCUT2D eigenvalue weighted by Gasteiger charge is 2.39. The molecule has 0 bridgehead atoms. The van der Waals surface area contributed by atoms with Crippen LogP contribution in [0.4, 0.5) is 0 Å². The lowest BCUT2D eigenvalue weighted by Gasteiger charge is -2.33. The quantitative estimate of drug-likeness (QED) is 0.729. The van der Waals surface area contributed by atoms with E-state index >= 15 is 0 Å². The highest BCUT2D eigenvalue weighted by molar-refractivity contribution is 5.83. The first kappa shape index (κ1) is 18.0. The predicted octanol–water partition coefficient (Wildman–Crippen LogP) is 2.05. The summed E-state index contributed by atoms with van der Waals surface area (Å²) < 4.78 is 5.49. The van der Waals surface area contributed by atoms with Gasteiger partial charge in [-0.05, 0) is 60.9 Å². The van der Waals surface area contributed by atoms with Crippen LogP contribution < -0.4 is 0 Å². The molecule has 5 nitrogen and oxygen atoms in total. The van der Waals surface area contributed by atoms with Crippen LogP contribution in [0, 0.1) is 0 Å². The Bertz CT molecular complexity index is 372. The molecule has 1 amide bonds. The molecule has 1 fully saturated rings. The van der Waals surface area contributed by atoms with Crippen molar-refractivity contribution in [3.63, 3.8) is 0 Å². The van der Waals surface area contributed by atoms with Gasteiger partial charge in [0.1, 0.15) is 11.6 Å². The lowest BCUT2D eigenvalue weighted by Crippen LogP contribution is -2.51. The third kappa shape index (κ3) is 4.70. The Morgan fingerprint density at radius 2 is 1.86 bits per heavy atom. The summed E-state index contributed by atoms with van der Waals surface area (Å²) in [6.45, 7) is 13.6. The summed E-state index contributed by atoms with van der Waals surface area (Å²) in [6, 6.07) is -0.566. The van der Waals surface area contributed by atoms with Gasteiger partial charge in [-0.15, -0.1) is 0 Å². The number of ether oxygens (including phenoxy) is 1. The van der Waals surface area contributed by atoms with Crippen molar-refractivity contribution in [3.8, 4) is 0 Å². The Kier molecular flexibility index (Phi) is 6.20. The number of carbonyl (C=O) groups is 2.